The fraction of sp³-hybridized carbons (Fsp3) is 0.214. The van der Waals surface area contributed by atoms with E-state index in [1.54, 1.807) is 24.3 Å². The van der Waals surface area contributed by atoms with E-state index in [4.69, 9.17) is 11.6 Å². The van der Waals surface area contributed by atoms with Gasteiger partial charge in [0.2, 0.25) is 5.95 Å². The second-order valence-electron chi connectivity index (χ2n) is 4.53. The van der Waals surface area contributed by atoms with Gasteiger partial charge in [-0.15, -0.1) is 0 Å². The predicted molar refractivity (Wildman–Crippen MR) is 80.2 cm³/mol. The fourth-order valence-electron chi connectivity index (χ4n) is 1.54. The lowest BCUT2D eigenvalue weighted by Crippen LogP contribution is -2.15. The van der Waals surface area contributed by atoms with Crippen LogP contribution in [0.5, 0.6) is 0 Å². The third-order valence-electron chi connectivity index (χ3n) is 2.45. The van der Waals surface area contributed by atoms with Gasteiger partial charge in [-0.1, -0.05) is 23.7 Å². The van der Waals surface area contributed by atoms with Gasteiger partial charge in [-0.3, -0.25) is 4.79 Å². The number of rotatable bonds is 4. The molecule has 5 nitrogen and oxygen atoms in total. The Bertz CT molecular complexity index is 598. The summed E-state index contributed by atoms with van der Waals surface area (Å²) < 4.78 is 0. The van der Waals surface area contributed by atoms with Crippen LogP contribution in [0.25, 0.3) is 0 Å². The van der Waals surface area contributed by atoms with Crippen LogP contribution >= 0.6 is 11.6 Å². The van der Waals surface area contributed by atoms with Crippen LogP contribution < -0.4 is 10.6 Å². The van der Waals surface area contributed by atoms with E-state index in [2.05, 4.69) is 20.6 Å². The monoisotopic (exact) mass is 290 g/mol. The zero-order valence-corrected chi connectivity index (χ0v) is 12.0. The SMILES string of the molecule is CC(C)Nc1ncc(C(=O)Nc2ccccc2Cl)cn1. The molecule has 0 bridgehead atoms. The van der Waals surface area contributed by atoms with E-state index < -0.39 is 0 Å². The number of nitrogens with zero attached hydrogens (tertiary/aromatic N) is 2. The number of benzene rings is 1. The standard InChI is InChI=1S/C14H15ClN4O/c1-9(2)18-14-16-7-10(8-17-14)13(20)19-12-6-4-3-5-11(12)15/h3-9H,1-2H3,(H,19,20)(H,16,17,18). The first-order chi connectivity index (χ1) is 9.56. The van der Waals surface area contributed by atoms with Gasteiger partial charge in [0.15, 0.2) is 0 Å². The summed E-state index contributed by atoms with van der Waals surface area (Å²) >= 11 is 5.98. The summed E-state index contributed by atoms with van der Waals surface area (Å²) in [4.78, 5) is 20.2. The number of hydrogen-bond acceptors (Lipinski definition) is 4. The Morgan fingerprint density at radius 2 is 1.85 bits per heavy atom. The molecule has 0 saturated heterocycles. The topological polar surface area (TPSA) is 66.9 Å². The molecule has 1 aromatic heterocycles. The third kappa shape index (κ3) is 3.68. The van der Waals surface area contributed by atoms with Crippen molar-refractivity contribution in [1.29, 1.82) is 0 Å². The molecule has 0 atom stereocenters. The molecule has 0 unspecified atom stereocenters. The lowest BCUT2D eigenvalue weighted by atomic mass is 10.3. The molecule has 0 saturated carbocycles. The number of amides is 1. The molecule has 2 N–H and O–H groups in total. The van der Waals surface area contributed by atoms with Gasteiger partial charge in [0.05, 0.1) is 16.3 Å². The van der Waals surface area contributed by atoms with Gasteiger partial charge in [-0.2, -0.15) is 0 Å². The molecule has 104 valence electrons. The third-order valence-corrected chi connectivity index (χ3v) is 2.78. The molecule has 0 radical (unpaired) electrons. The maximum atomic E-state index is 12.0. The molecule has 6 heteroatoms. The van der Waals surface area contributed by atoms with Gasteiger partial charge in [-0.05, 0) is 26.0 Å². The van der Waals surface area contributed by atoms with Gasteiger partial charge in [0.25, 0.3) is 5.91 Å². The van der Waals surface area contributed by atoms with E-state index >= 15 is 0 Å². The van der Waals surface area contributed by atoms with E-state index in [0.29, 0.717) is 22.2 Å². The van der Waals surface area contributed by atoms with Gasteiger partial charge in [0, 0.05) is 18.4 Å². The first kappa shape index (κ1) is 14.3. The van der Waals surface area contributed by atoms with Crippen molar-refractivity contribution in [3.8, 4) is 0 Å². The zero-order chi connectivity index (χ0) is 14.5. The first-order valence-electron chi connectivity index (χ1n) is 6.20. The van der Waals surface area contributed by atoms with Crippen LogP contribution in [0.3, 0.4) is 0 Å². The number of halogens is 1. The normalized spacial score (nSPS) is 10.4. The number of anilines is 2. The number of carbonyl (C=O) groups excluding carboxylic acids is 1. The fourth-order valence-corrected chi connectivity index (χ4v) is 1.72. The van der Waals surface area contributed by atoms with Gasteiger partial charge < -0.3 is 10.6 Å². The lowest BCUT2D eigenvalue weighted by Gasteiger charge is -2.09. The predicted octanol–water partition coefficient (Wildman–Crippen LogP) is 3.20. The molecule has 0 spiro atoms. The minimum Gasteiger partial charge on any atom is -0.352 e. The highest BCUT2D eigenvalue weighted by Gasteiger charge is 2.09. The molecular weight excluding hydrogens is 276 g/mol. The summed E-state index contributed by atoms with van der Waals surface area (Å²) in [6.45, 7) is 3.97. The average Bonchev–Trinajstić information content (AvgIpc) is 2.41. The van der Waals surface area contributed by atoms with E-state index in [9.17, 15) is 4.79 Å². The van der Waals surface area contributed by atoms with Crippen molar-refractivity contribution in [3.63, 3.8) is 0 Å². The summed E-state index contributed by atoms with van der Waals surface area (Å²) in [5.41, 5.74) is 0.933. The summed E-state index contributed by atoms with van der Waals surface area (Å²) in [5, 5.41) is 6.26. The van der Waals surface area contributed by atoms with Crippen LogP contribution in [-0.2, 0) is 0 Å². The summed E-state index contributed by atoms with van der Waals surface area (Å²) in [5.74, 6) is 0.198. The quantitative estimate of drug-likeness (QED) is 0.907. The maximum absolute atomic E-state index is 12.0. The second-order valence-corrected chi connectivity index (χ2v) is 4.94. The van der Waals surface area contributed by atoms with E-state index in [1.807, 2.05) is 13.8 Å². The number of hydrogen-bond donors (Lipinski definition) is 2. The Morgan fingerprint density at radius 3 is 2.45 bits per heavy atom. The van der Waals surface area contributed by atoms with Crippen molar-refractivity contribution in [2.75, 3.05) is 10.6 Å². The second kappa shape index (κ2) is 6.34. The number of carbonyl (C=O) groups is 1. The minimum absolute atomic E-state index is 0.234. The molecule has 1 heterocycles. The highest BCUT2D eigenvalue weighted by molar-refractivity contribution is 6.33. The molecule has 1 aromatic carbocycles. The van der Waals surface area contributed by atoms with Crippen molar-refractivity contribution in [2.24, 2.45) is 0 Å². The Morgan fingerprint density at radius 1 is 1.20 bits per heavy atom. The van der Waals surface area contributed by atoms with Gasteiger partial charge in [0.1, 0.15) is 0 Å². The van der Waals surface area contributed by atoms with Crippen molar-refractivity contribution < 1.29 is 4.79 Å². The van der Waals surface area contributed by atoms with Crippen molar-refractivity contribution in [3.05, 3.63) is 47.2 Å². The maximum Gasteiger partial charge on any atom is 0.258 e. The molecule has 0 fully saturated rings. The van der Waals surface area contributed by atoms with Gasteiger partial charge >= 0.3 is 0 Å². The Labute approximate surface area is 122 Å². The highest BCUT2D eigenvalue weighted by atomic mass is 35.5. The zero-order valence-electron chi connectivity index (χ0n) is 11.2. The van der Waals surface area contributed by atoms with E-state index in [1.165, 1.54) is 12.4 Å². The summed E-state index contributed by atoms with van der Waals surface area (Å²) in [7, 11) is 0. The van der Waals surface area contributed by atoms with Crippen molar-refractivity contribution >= 4 is 29.1 Å². The molecule has 0 aliphatic heterocycles. The Kier molecular flexibility index (Phi) is 4.53. The Hall–Kier alpha value is -2.14. The molecule has 2 rings (SSSR count). The summed E-state index contributed by atoms with van der Waals surface area (Å²) in [6, 6.07) is 7.28. The summed E-state index contributed by atoms with van der Waals surface area (Å²) in [6.07, 6.45) is 2.95. The van der Waals surface area contributed by atoms with Crippen molar-refractivity contribution in [2.45, 2.75) is 19.9 Å². The van der Waals surface area contributed by atoms with Crippen LogP contribution in [0.2, 0.25) is 5.02 Å². The molecule has 20 heavy (non-hydrogen) atoms. The smallest absolute Gasteiger partial charge is 0.258 e. The largest absolute Gasteiger partial charge is 0.352 e. The molecular formula is C14H15ClN4O. The van der Waals surface area contributed by atoms with Crippen LogP contribution in [0, 0.1) is 0 Å². The van der Waals surface area contributed by atoms with Crippen LogP contribution in [0.4, 0.5) is 11.6 Å². The van der Waals surface area contributed by atoms with Crippen LogP contribution in [0.15, 0.2) is 36.7 Å². The number of aromatic nitrogens is 2. The Balaban J connectivity index is 2.08. The first-order valence-corrected chi connectivity index (χ1v) is 6.58. The average molecular weight is 291 g/mol. The van der Waals surface area contributed by atoms with Crippen LogP contribution in [0.1, 0.15) is 24.2 Å². The van der Waals surface area contributed by atoms with Crippen molar-refractivity contribution in [1.82, 2.24) is 9.97 Å². The molecule has 2 aromatic rings. The molecule has 1 amide bonds. The highest BCUT2D eigenvalue weighted by Crippen LogP contribution is 2.21. The molecule has 0 aliphatic carbocycles. The number of nitrogens with one attached hydrogen (secondary N) is 2. The van der Waals surface area contributed by atoms with Gasteiger partial charge in [-0.25, -0.2) is 9.97 Å². The lowest BCUT2D eigenvalue weighted by molar-refractivity contribution is 0.102. The van der Waals surface area contributed by atoms with E-state index in [-0.39, 0.29) is 11.9 Å². The van der Waals surface area contributed by atoms with Crippen LogP contribution in [-0.4, -0.2) is 21.9 Å². The molecule has 0 aliphatic rings. The van der Waals surface area contributed by atoms with E-state index in [0.717, 1.165) is 0 Å². The number of para-hydroxylation sites is 1. The minimum atomic E-state index is -0.297.